The largest absolute Gasteiger partial charge is 0.457 e. The highest BCUT2D eigenvalue weighted by Gasteiger charge is 2.24. The molecule has 0 atom stereocenters. The van der Waals surface area contributed by atoms with E-state index in [-0.39, 0.29) is 0 Å². The van der Waals surface area contributed by atoms with Gasteiger partial charge in [-0.2, -0.15) is 5.10 Å². The lowest BCUT2D eigenvalue weighted by atomic mass is 10.0. The average molecular weight is 705 g/mol. The third kappa shape index (κ3) is 6.11. The lowest BCUT2D eigenvalue weighted by Gasteiger charge is -2.17. The molecule has 3 heterocycles. The number of rotatable bonds is 9. The summed E-state index contributed by atoms with van der Waals surface area (Å²) in [5.41, 5.74) is 7.66. The molecular formula is C47H36N4O3. The molecule has 0 N–H and O–H groups in total. The Hall–Kier alpha value is -7.12. The third-order valence-corrected chi connectivity index (χ3v) is 9.54. The van der Waals surface area contributed by atoms with Gasteiger partial charge in [-0.1, -0.05) is 66.7 Å². The predicted octanol–water partition coefficient (Wildman–Crippen LogP) is 12.3. The van der Waals surface area contributed by atoms with Crippen molar-refractivity contribution in [1.29, 1.82) is 0 Å². The minimum Gasteiger partial charge on any atom is -0.457 e. The van der Waals surface area contributed by atoms with Crippen molar-refractivity contribution in [3.8, 4) is 57.1 Å². The first-order chi connectivity index (χ1) is 26.5. The second kappa shape index (κ2) is 13.8. The molecule has 262 valence electrons. The molecule has 54 heavy (non-hydrogen) atoms. The van der Waals surface area contributed by atoms with E-state index in [1.807, 2.05) is 133 Å². The van der Waals surface area contributed by atoms with Crippen molar-refractivity contribution in [2.45, 2.75) is 20.8 Å². The number of ether oxygens (including phenoxy) is 3. The van der Waals surface area contributed by atoms with Crippen molar-refractivity contribution < 1.29 is 14.2 Å². The normalized spacial score (nSPS) is 11.2. The van der Waals surface area contributed by atoms with Crippen molar-refractivity contribution in [2.75, 3.05) is 0 Å². The Kier molecular flexibility index (Phi) is 8.36. The zero-order valence-electron chi connectivity index (χ0n) is 30.1. The summed E-state index contributed by atoms with van der Waals surface area (Å²) < 4.78 is 23.7. The molecule has 6 aromatic carbocycles. The Bertz CT molecular complexity index is 2730. The number of aryl methyl sites for hydroxylation is 2. The molecule has 9 aromatic rings. The number of benzene rings is 6. The lowest BCUT2D eigenvalue weighted by molar-refractivity contribution is 0.463. The van der Waals surface area contributed by atoms with Gasteiger partial charge in [0.15, 0.2) is 0 Å². The van der Waals surface area contributed by atoms with Gasteiger partial charge in [-0.05, 0) is 105 Å². The van der Waals surface area contributed by atoms with Crippen LogP contribution in [0.15, 0.2) is 164 Å². The summed E-state index contributed by atoms with van der Waals surface area (Å²) in [7, 11) is 0. The van der Waals surface area contributed by atoms with Crippen LogP contribution in [0.2, 0.25) is 0 Å². The van der Waals surface area contributed by atoms with Crippen LogP contribution in [0.4, 0.5) is 0 Å². The number of aromatic nitrogens is 4. The molecule has 0 aliphatic heterocycles. The minimum atomic E-state index is 0.672. The van der Waals surface area contributed by atoms with Gasteiger partial charge in [0.05, 0.1) is 28.0 Å². The van der Waals surface area contributed by atoms with E-state index in [1.54, 1.807) is 0 Å². The van der Waals surface area contributed by atoms with Crippen LogP contribution < -0.4 is 14.2 Å². The number of hydrogen-bond acceptors (Lipinski definition) is 5. The SMILES string of the molecule is Cc1ccnc(-n2c3ccccc3c3ccc(Oc4cccc(-n5nc(C)c(-c6c(Oc7ccccc7)cccc6Oc6ccccc6)c5C)c4)cc32)c1. The highest BCUT2D eigenvalue weighted by Crippen LogP contribution is 2.45. The molecule has 0 unspecified atom stereocenters. The van der Waals surface area contributed by atoms with E-state index in [0.29, 0.717) is 17.2 Å². The molecule has 7 heteroatoms. The Morgan fingerprint density at radius 1 is 0.481 bits per heavy atom. The summed E-state index contributed by atoms with van der Waals surface area (Å²) in [6.07, 6.45) is 1.85. The monoisotopic (exact) mass is 704 g/mol. The van der Waals surface area contributed by atoms with Crippen LogP contribution in [0.3, 0.4) is 0 Å². The number of fused-ring (bicyclic) bond motifs is 3. The van der Waals surface area contributed by atoms with Crippen LogP contribution in [-0.4, -0.2) is 19.3 Å². The molecule has 3 aromatic heterocycles. The van der Waals surface area contributed by atoms with Crippen molar-refractivity contribution in [1.82, 2.24) is 19.3 Å². The number of hydrogen-bond donors (Lipinski definition) is 0. The Morgan fingerprint density at radius 2 is 1.11 bits per heavy atom. The number of nitrogens with zero attached hydrogens (tertiary/aromatic N) is 4. The maximum atomic E-state index is 6.58. The van der Waals surface area contributed by atoms with Gasteiger partial charge in [-0.25, -0.2) is 9.67 Å². The van der Waals surface area contributed by atoms with Gasteiger partial charge in [-0.15, -0.1) is 0 Å². The predicted molar refractivity (Wildman–Crippen MR) is 215 cm³/mol. The van der Waals surface area contributed by atoms with Gasteiger partial charge in [0.2, 0.25) is 0 Å². The van der Waals surface area contributed by atoms with Gasteiger partial charge in [0.1, 0.15) is 40.3 Å². The fourth-order valence-corrected chi connectivity index (χ4v) is 7.13. The van der Waals surface area contributed by atoms with Crippen molar-refractivity contribution in [3.05, 3.63) is 181 Å². The van der Waals surface area contributed by atoms with Gasteiger partial charge >= 0.3 is 0 Å². The van der Waals surface area contributed by atoms with E-state index in [9.17, 15) is 0 Å². The summed E-state index contributed by atoms with van der Waals surface area (Å²) in [5.74, 6) is 5.10. The number of pyridine rings is 1. The second-order valence-electron chi connectivity index (χ2n) is 13.2. The third-order valence-electron chi connectivity index (χ3n) is 9.54. The lowest BCUT2D eigenvalue weighted by Crippen LogP contribution is -2.00. The summed E-state index contributed by atoms with van der Waals surface area (Å²) in [4.78, 5) is 4.73. The van der Waals surface area contributed by atoms with Gasteiger partial charge in [-0.3, -0.25) is 4.57 Å². The van der Waals surface area contributed by atoms with E-state index < -0.39 is 0 Å². The fourth-order valence-electron chi connectivity index (χ4n) is 7.13. The van der Waals surface area contributed by atoms with E-state index in [0.717, 1.165) is 78.6 Å². The molecule has 0 saturated carbocycles. The van der Waals surface area contributed by atoms with Gasteiger partial charge in [0, 0.05) is 40.4 Å². The van der Waals surface area contributed by atoms with Crippen LogP contribution in [0, 0.1) is 20.8 Å². The first-order valence-electron chi connectivity index (χ1n) is 17.9. The van der Waals surface area contributed by atoms with Gasteiger partial charge < -0.3 is 14.2 Å². The topological polar surface area (TPSA) is 63.3 Å². The molecule has 0 amide bonds. The molecule has 0 spiro atoms. The van der Waals surface area contributed by atoms with E-state index in [2.05, 4.69) is 60.9 Å². The molecule has 0 aliphatic rings. The Morgan fingerprint density at radius 3 is 1.83 bits per heavy atom. The van der Waals surface area contributed by atoms with Crippen molar-refractivity contribution in [3.63, 3.8) is 0 Å². The highest BCUT2D eigenvalue weighted by atomic mass is 16.5. The van der Waals surface area contributed by atoms with Crippen LogP contribution in [-0.2, 0) is 0 Å². The first-order valence-corrected chi connectivity index (χ1v) is 17.9. The zero-order valence-corrected chi connectivity index (χ0v) is 30.1. The summed E-state index contributed by atoms with van der Waals surface area (Å²) >= 11 is 0. The molecule has 9 rings (SSSR count). The highest BCUT2D eigenvalue weighted by molar-refractivity contribution is 6.09. The fraction of sp³-hybridized carbons (Fsp3) is 0.0638. The van der Waals surface area contributed by atoms with E-state index in [4.69, 9.17) is 24.3 Å². The Balaban J connectivity index is 1.10. The molecule has 7 nitrogen and oxygen atoms in total. The van der Waals surface area contributed by atoms with Crippen LogP contribution in [0.1, 0.15) is 17.0 Å². The maximum Gasteiger partial charge on any atom is 0.139 e. The second-order valence-corrected chi connectivity index (χ2v) is 13.2. The van der Waals surface area contributed by atoms with Crippen LogP contribution in [0.25, 0.3) is 44.4 Å². The molecular weight excluding hydrogens is 669 g/mol. The quantitative estimate of drug-likeness (QED) is 0.150. The van der Waals surface area contributed by atoms with Gasteiger partial charge in [0.25, 0.3) is 0 Å². The standard InChI is InChI=1S/C47H36N4O3/c1-31-26-27-48-45(28-31)50-41-21-11-10-20-39(41)40-25-24-38(30-42(40)50)52-37-19-12-14-34(29-37)51-33(3)46(32(2)49-51)47-43(53-35-15-6-4-7-16-35)22-13-23-44(47)54-36-17-8-5-9-18-36/h4-30H,1-3H3. The van der Waals surface area contributed by atoms with Crippen LogP contribution >= 0.6 is 0 Å². The van der Waals surface area contributed by atoms with Crippen molar-refractivity contribution >= 4 is 21.8 Å². The summed E-state index contributed by atoms with van der Waals surface area (Å²) in [6, 6.07) is 52.2. The van der Waals surface area contributed by atoms with Crippen LogP contribution in [0.5, 0.6) is 34.5 Å². The molecule has 0 radical (unpaired) electrons. The Labute approximate surface area is 313 Å². The minimum absolute atomic E-state index is 0.672. The average Bonchev–Trinajstić information content (AvgIpc) is 3.68. The van der Waals surface area contributed by atoms with E-state index >= 15 is 0 Å². The molecule has 0 fully saturated rings. The summed E-state index contributed by atoms with van der Waals surface area (Å²) in [6.45, 7) is 6.17. The first kappa shape index (κ1) is 32.8. The molecule has 0 saturated heterocycles. The maximum absolute atomic E-state index is 6.58. The smallest absolute Gasteiger partial charge is 0.139 e. The summed E-state index contributed by atoms with van der Waals surface area (Å²) in [5, 5.41) is 7.36. The van der Waals surface area contributed by atoms with E-state index in [1.165, 1.54) is 0 Å². The molecule has 0 bridgehead atoms. The zero-order chi connectivity index (χ0) is 36.6. The molecule has 0 aliphatic carbocycles. The van der Waals surface area contributed by atoms with Crippen molar-refractivity contribution in [2.24, 2.45) is 0 Å². The number of para-hydroxylation sites is 3.